The Morgan fingerprint density at radius 1 is 1.23 bits per heavy atom. The van der Waals surface area contributed by atoms with Crippen molar-refractivity contribution in [3.8, 4) is 11.4 Å². The fourth-order valence-corrected chi connectivity index (χ4v) is 3.05. The maximum Gasteiger partial charge on any atom is 0.291 e. The largest absolute Gasteiger partial charge is 0.465 e. The highest BCUT2D eigenvalue weighted by molar-refractivity contribution is 7.15. The van der Waals surface area contributed by atoms with Gasteiger partial charge in [-0.1, -0.05) is 41.2 Å². The van der Waals surface area contributed by atoms with Gasteiger partial charge in [0.2, 0.25) is 4.96 Å². The number of hydrogen-bond acceptors (Lipinski definition) is 5. The normalized spacial score (nSPS) is 12.3. The zero-order chi connectivity index (χ0) is 15.1. The fraction of sp³-hybridized carbons (Fsp3) is 0.0625. The summed E-state index contributed by atoms with van der Waals surface area (Å²) >= 11 is 1.30. The van der Waals surface area contributed by atoms with Crippen molar-refractivity contribution in [2.45, 2.75) is 6.92 Å². The molecule has 4 rings (SSSR count). The van der Waals surface area contributed by atoms with Crippen LogP contribution in [0.15, 0.2) is 51.9 Å². The van der Waals surface area contributed by atoms with Crippen molar-refractivity contribution in [1.29, 1.82) is 0 Å². The Hall–Kier alpha value is -2.73. The molecule has 0 fully saturated rings. The van der Waals surface area contributed by atoms with Crippen LogP contribution in [-0.4, -0.2) is 14.6 Å². The van der Waals surface area contributed by atoms with E-state index in [2.05, 4.69) is 10.1 Å². The van der Waals surface area contributed by atoms with E-state index in [4.69, 9.17) is 4.42 Å². The van der Waals surface area contributed by atoms with Crippen LogP contribution in [0.4, 0.5) is 0 Å². The molecule has 6 heteroatoms. The molecule has 0 radical (unpaired) electrons. The van der Waals surface area contributed by atoms with Crippen LogP contribution in [0.2, 0.25) is 0 Å². The Bertz CT molecular complexity index is 1040. The fourth-order valence-electron chi connectivity index (χ4n) is 2.16. The number of fused-ring (bicyclic) bond motifs is 1. The van der Waals surface area contributed by atoms with Crippen molar-refractivity contribution < 1.29 is 4.42 Å². The lowest BCUT2D eigenvalue weighted by Gasteiger charge is -1.94. The highest BCUT2D eigenvalue weighted by Gasteiger charge is 2.11. The molecule has 0 spiro atoms. The zero-order valence-corrected chi connectivity index (χ0v) is 12.5. The van der Waals surface area contributed by atoms with Crippen molar-refractivity contribution in [2.75, 3.05) is 0 Å². The minimum absolute atomic E-state index is 0.178. The Morgan fingerprint density at radius 2 is 2.05 bits per heavy atom. The number of aromatic nitrogens is 3. The molecular weight excluding hydrogens is 298 g/mol. The van der Waals surface area contributed by atoms with Gasteiger partial charge in [0.25, 0.3) is 5.56 Å². The molecule has 0 bridgehead atoms. The molecule has 0 unspecified atom stereocenters. The highest BCUT2D eigenvalue weighted by atomic mass is 32.1. The third-order valence-corrected chi connectivity index (χ3v) is 4.27. The first kappa shape index (κ1) is 13.0. The van der Waals surface area contributed by atoms with Crippen LogP contribution in [0.1, 0.15) is 11.3 Å². The van der Waals surface area contributed by atoms with E-state index in [1.165, 1.54) is 21.4 Å². The van der Waals surface area contributed by atoms with Gasteiger partial charge in [-0.05, 0) is 19.1 Å². The average molecular weight is 309 g/mol. The van der Waals surface area contributed by atoms with Crippen molar-refractivity contribution in [1.82, 2.24) is 14.6 Å². The first-order valence-corrected chi connectivity index (χ1v) is 7.54. The third kappa shape index (κ3) is 2.14. The summed E-state index contributed by atoms with van der Waals surface area (Å²) in [6, 6.07) is 11.5. The lowest BCUT2D eigenvalue weighted by molar-refractivity contribution is 0.556. The van der Waals surface area contributed by atoms with E-state index in [0.29, 0.717) is 21.1 Å². The van der Waals surface area contributed by atoms with Gasteiger partial charge in [0, 0.05) is 11.6 Å². The van der Waals surface area contributed by atoms with Crippen molar-refractivity contribution in [3.05, 3.63) is 68.9 Å². The molecule has 0 amide bonds. The van der Waals surface area contributed by atoms with Crippen LogP contribution < -0.4 is 10.1 Å². The molecule has 3 heterocycles. The Balaban J connectivity index is 1.84. The van der Waals surface area contributed by atoms with Crippen LogP contribution in [0.3, 0.4) is 0 Å². The second-order valence-electron chi connectivity index (χ2n) is 4.93. The first-order valence-electron chi connectivity index (χ1n) is 6.72. The minimum atomic E-state index is -0.178. The number of aryl methyl sites for hydroxylation is 1. The second kappa shape index (κ2) is 4.92. The number of thiazole rings is 1. The molecule has 3 aromatic heterocycles. The first-order chi connectivity index (χ1) is 10.7. The molecule has 0 aliphatic heterocycles. The zero-order valence-electron chi connectivity index (χ0n) is 11.7. The molecule has 0 N–H and O–H groups in total. The Labute approximate surface area is 129 Å². The second-order valence-corrected chi connectivity index (χ2v) is 5.94. The monoisotopic (exact) mass is 309 g/mol. The van der Waals surface area contributed by atoms with E-state index >= 15 is 0 Å². The van der Waals surface area contributed by atoms with Crippen molar-refractivity contribution in [3.63, 3.8) is 0 Å². The standard InChI is InChI=1S/C16H11N3O2S/c1-10-4-6-11(7-5-10)14-17-16-19(18-14)15(20)13(22-16)9-12-3-2-8-21-12/h2-9H,1H3. The van der Waals surface area contributed by atoms with Crippen molar-refractivity contribution >= 4 is 22.4 Å². The summed E-state index contributed by atoms with van der Waals surface area (Å²) in [5.74, 6) is 1.20. The van der Waals surface area contributed by atoms with Gasteiger partial charge in [-0.15, -0.1) is 5.10 Å². The predicted octanol–water partition coefficient (Wildman–Crippen LogP) is 2.27. The molecule has 108 valence electrons. The molecule has 0 atom stereocenters. The van der Waals surface area contributed by atoms with Crippen LogP contribution >= 0.6 is 11.3 Å². The minimum Gasteiger partial charge on any atom is -0.465 e. The molecule has 22 heavy (non-hydrogen) atoms. The molecular formula is C16H11N3O2S. The average Bonchev–Trinajstić information content (AvgIpc) is 3.21. The van der Waals surface area contributed by atoms with Crippen LogP contribution in [-0.2, 0) is 0 Å². The van der Waals surface area contributed by atoms with Gasteiger partial charge >= 0.3 is 0 Å². The van der Waals surface area contributed by atoms with E-state index in [9.17, 15) is 4.79 Å². The summed E-state index contributed by atoms with van der Waals surface area (Å²) < 4.78 is 7.13. The molecule has 4 aromatic rings. The maximum atomic E-state index is 12.4. The van der Waals surface area contributed by atoms with E-state index < -0.39 is 0 Å². The lowest BCUT2D eigenvalue weighted by atomic mass is 10.1. The SMILES string of the molecule is Cc1ccc(-c2nc3sc(=Cc4ccco4)c(=O)n3n2)cc1. The van der Waals surface area contributed by atoms with E-state index in [-0.39, 0.29) is 5.56 Å². The molecule has 1 aromatic carbocycles. The summed E-state index contributed by atoms with van der Waals surface area (Å²) in [6.07, 6.45) is 3.28. The van der Waals surface area contributed by atoms with Gasteiger partial charge in [-0.25, -0.2) is 0 Å². The summed E-state index contributed by atoms with van der Waals surface area (Å²) in [5, 5.41) is 4.31. The van der Waals surface area contributed by atoms with E-state index in [0.717, 1.165) is 5.56 Å². The van der Waals surface area contributed by atoms with Gasteiger partial charge in [-0.2, -0.15) is 9.50 Å². The van der Waals surface area contributed by atoms with Crippen LogP contribution in [0, 0.1) is 6.92 Å². The molecule has 0 saturated carbocycles. The molecule has 5 nitrogen and oxygen atoms in total. The summed E-state index contributed by atoms with van der Waals surface area (Å²) in [6.45, 7) is 2.02. The summed E-state index contributed by atoms with van der Waals surface area (Å²) in [4.78, 5) is 17.4. The number of nitrogens with zero attached hydrogens (tertiary/aromatic N) is 3. The summed E-state index contributed by atoms with van der Waals surface area (Å²) in [7, 11) is 0. The smallest absolute Gasteiger partial charge is 0.291 e. The van der Waals surface area contributed by atoms with Crippen LogP contribution in [0.5, 0.6) is 0 Å². The Kier molecular flexibility index (Phi) is 2.90. The van der Waals surface area contributed by atoms with Gasteiger partial charge in [0.05, 0.1) is 6.26 Å². The van der Waals surface area contributed by atoms with Gasteiger partial charge < -0.3 is 4.42 Å². The number of benzene rings is 1. The van der Waals surface area contributed by atoms with Gasteiger partial charge in [0.1, 0.15) is 10.3 Å². The molecule has 0 aliphatic carbocycles. The topological polar surface area (TPSA) is 60.4 Å². The number of rotatable bonds is 2. The maximum absolute atomic E-state index is 12.4. The molecule has 0 saturated heterocycles. The van der Waals surface area contributed by atoms with Crippen LogP contribution in [0.25, 0.3) is 22.4 Å². The van der Waals surface area contributed by atoms with Gasteiger partial charge in [0.15, 0.2) is 5.82 Å². The number of furan rings is 1. The Morgan fingerprint density at radius 3 is 2.73 bits per heavy atom. The third-order valence-electron chi connectivity index (χ3n) is 3.31. The van der Waals surface area contributed by atoms with Gasteiger partial charge in [-0.3, -0.25) is 4.79 Å². The summed E-state index contributed by atoms with van der Waals surface area (Å²) in [5.41, 5.74) is 1.89. The highest BCUT2D eigenvalue weighted by Crippen LogP contribution is 2.17. The van der Waals surface area contributed by atoms with E-state index in [1.54, 1.807) is 24.5 Å². The van der Waals surface area contributed by atoms with Crippen molar-refractivity contribution in [2.24, 2.45) is 0 Å². The van der Waals surface area contributed by atoms with E-state index in [1.807, 2.05) is 31.2 Å². The number of hydrogen-bond donors (Lipinski definition) is 0. The quantitative estimate of drug-likeness (QED) is 0.570. The lowest BCUT2D eigenvalue weighted by Crippen LogP contribution is -2.23. The molecule has 0 aliphatic rings. The predicted molar refractivity (Wildman–Crippen MR) is 84.8 cm³/mol.